The van der Waals surface area contributed by atoms with Crippen molar-refractivity contribution in [1.82, 2.24) is 0 Å². The molecule has 3 nitrogen and oxygen atoms in total. The summed E-state index contributed by atoms with van der Waals surface area (Å²) in [4.78, 5) is 0. The molecule has 0 spiro atoms. The largest absolute Gasteiger partial charge is 0.486 e. The maximum absolute atomic E-state index is 5.93. The van der Waals surface area contributed by atoms with E-state index >= 15 is 0 Å². The van der Waals surface area contributed by atoms with Crippen LogP contribution in [-0.4, -0.2) is 25.4 Å². The average molecular weight is 274 g/mol. The lowest BCUT2D eigenvalue weighted by atomic mass is 9.88. The Morgan fingerprint density at radius 1 is 1.05 bits per heavy atom. The van der Waals surface area contributed by atoms with Gasteiger partial charge in [0.25, 0.3) is 0 Å². The summed E-state index contributed by atoms with van der Waals surface area (Å²) in [6, 6.07) is 10.1. The highest BCUT2D eigenvalue weighted by Crippen LogP contribution is 2.37. The highest BCUT2D eigenvalue weighted by molar-refractivity contribution is 6.51. The first kappa shape index (κ1) is 15.3. The van der Waals surface area contributed by atoms with Gasteiger partial charge in [0.05, 0.1) is 17.3 Å². The van der Waals surface area contributed by atoms with Gasteiger partial charge in [-0.3, -0.25) is 0 Å². The predicted octanol–water partition coefficient (Wildman–Crippen LogP) is 3.56. The molecule has 1 aliphatic heterocycles. The molecule has 1 atom stereocenters. The molecule has 1 saturated heterocycles. The van der Waals surface area contributed by atoms with Crippen LogP contribution in [0.15, 0.2) is 42.4 Å². The summed E-state index contributed by atoms with van der Waals surface area (Å²) >= 11 is 0. The van der Waals surface area contributed by atoms with Gasteiger partial charge in [-0.2, -0.15) is 0 Å². The molecule has 1 aromatic rings. The van der Waals surface area contributed by atoms with Gasteiger partial charge in [-0.15, -0.1) is 0 Å². The summed E-state index contributed by atoms with van der Waals surface area (Å²) < 4.78 is 17.4. The van der Waals surface area contributed by atoms with Gasteiger partial charge in [0.2, 0.25) is 0 Å². The van der Waals surface area contributed by atoms with Crippen molar-refractivity contribution in [2.45, 2.75) is 45.0 Å². The minimum absolute atomic E-state index is 0.0878. The second-order valence-electron chi connectivity index (χ2n) is 6.08. The van der Waals surface area contributed by atoms with Crippen molar-refractivity contribution in [1.29, 1.82) is 0 Å². The van der Waals surface area contributed by atoms with E-state index in [9.17, 15) is 0 Å². The van der Waals surface area contributed by atoms with Crippen LogP contribution in [0.2, 0.25) is 0 Å². The first-order chi connectivity index (χ1) is 9.36. The van der Waals surface area contributed by atoms with Gasteiger partial charge in [-0.1, -0.05) is 42.4 Å². The number of benzene rings is 1. The standard InChI is InChI=1S/C16H23BO3/c1-15(2)16(3,4)20-17(19-15)12-11-14(18-5)13-9-7-6-8-10-13/h6-12,14H,1-5H3/b12-11+. The molecule has 0 bridgehead atoms. The molecule has 0 N–H and O–H groups in total. The van der Waals surface area contributed by atoms with Gasteiger partial charge < -0.3 is 14.0 Å². The van der Waals surface area contributed by atoms with Crippen molar-refractivity contribution in [3.05, 3.63) is 47.9 Å². The molecule has 1 heterocycles. The summed E-state index contributed by atoms with van der Waals surface area (Å²) in [5, 5.41) is 0. The lowest BCUT2D eigenvalue weighted by Gasteiger charge is -2.32. The van der Waals surface area contributed by atoms with E-state index in [1.54, 1.807) is 7.11 Å². The summed E-state index contributed by atoms with van der Waals surface area (Å²) in [7, 11) is 1.37. The van der Waals surface area contributed by atoms with E-state index in [0.717, 1.165) is 5.56 Å². The van der Waals surface area contributed by atoms with Gasteiger partial charge in [-0.25, -0.2) is 0 Å². The molecular formula is C16H23BO3. The summed E-state index contributed by atoms with van der Waals surface area (Å²) in [5.74, 6) is 1.93. The fourth-order valence-electron chi connectivity index (χ4n) is 2.13. The molecule has 1 fully saturated rings. The van der Waals surface area contributed by atoms with Crippen LogP contribution >= 0.6 is 0 Å². The lowest BCUT2D eigenvalue weighted by molar-refractivity contribution is 0.00578. The maximum atomic E-state index is 5.93. The van der Waals surface area contributed by atoms with Crippen molar-refractivity contribution >= 4 is 7.12 Å². The van der Waals surface area contributed by atoms with Crippen LogP contribution in [-0.2, 0) is 14.0 Å². The Morgan fingerprint density at radius 3 is 2.10 bits per heavy atom. The smallest absolute Gasteiger partial charge is 0.400 e. The van der Waals surface area contributed by atoms with Gasteiger partial charge in [-0.05, 0) is 33.3 Å². The molecule has 1 aliphatic rings. The molecule has 0 aliphatic carbocycles. The van der Waals surface area contributed by atoms with E-state index in [1.165, 1.54) is 0 Å². The monoisotopic (exact) mass is 274 g/mol. The highest BCUT2D eigenvalue weighted by atomic mass is 16.7. The number of hydrogen-bond donors (Lipinski definition) is 0. The first-order valence-corrected chi connectivity index (χ1v) is 6.97. The summed E-state index contributed by atoms with van der Waals surface area (Å²) in [5.41, 5.74) is 0.497. The zero-order valence-corrected chi connectivity index (χ0v) is 12.9. The van der Waals surface area contributed by atoms with E-state index in [-0.39, 0.29) is 24.4 Å². The van der Waals surface area contributed by atoms with Gasteiger partial charge >= 0.3 is 7.12 Å². The Bertz CT molecular complexity index is 452. The van der Waals surface area contributed by atoms with Gasteiger partial charge in [0.1, 0.15) is 0 Å². The number of ether oxygens (including phenoxy) is 1. The SMILES string of the molecule is COC(/C=C/B1OC(C)(C)C(C)(C)O1)c1ccccc1. The third-order valence-corrected chi connectivity index (χ3v) is 4.10. The molecule has 4 heteroatoms. The van der Waals surface area contributed by atoms with Crippen LogP contribution in [0.3, 0.4) is 0 Å². The van der Waals surface area contributed by atoms with Crippen LogP contribution in [0.5, 0.6) is 0 Å². The summed E-state index contributed by atoms with van der Waals surface area (Å²) in [6.45, 7) is 8.19. The van der Waals surface area contributed by atoms with E-state index in [0.29, 0.717) is 0 Å². The summed E-state index contributed by atoms with van der Waals surface area (Å²) in [6.07, 6.45) is 1.90. The van der Waals surface area contributed by atoms with E-state index < -0.39 is 0 Å². The van der Waals surface area contributed by atoms with E-state index in [4.69, 9.17) is 14.0 Å². The topological polar surface area (TPSA) is 27.7 Å². The molecule has 2 rings (SSSR count). The molecule has 0 amide bonds. The molecule has 20 heavy (non-hydrogen) atoms. The van der Waals surface area contributed by atoms with Crippen LogP contribution in [0.1, 0.15) is 39.4 Å². The first-order valence-electron chi connectivity index (χ1n) is 6.97. The van der Waals surface area contributed by atoms with E-state index in [2.05, 4.69) is 0 Å². The van der Waals surface area contributed by atoms with Crippen molar-refractivity contribution in [2.24, 2.45) is 0 Å². The van der Waals surface area contributed by atoms with E-state index in [1.807, 2.05) is 70.1 Å². The van der Waals surface area contributed by atoms with Crippen molar-refractivity contribution in [2.75, 3.05) is 7.11 Å². The Balaban J connectivity index is 2.06. The molecule has 0 aromatic heterocycles. The molecule has 1 aromatic carbocycles. The quantitative estimate of drug-likeness (QED) is 0.786. The Kier molecular flexibility index (Phi) is 4.38. The molecule has 0 radical (unpaired) electrons. The van der Waals surface area contributed by atoms with Crippen LogP contribution < -0.4 is 0 Å². The molecule has 1 unspecified atom stereocenters. The maximum Gasteiger partial charge on any atom is 0.486 e. The number of methoxy groups -OCH3 is 1. The van der Waals surface area contributed by atoms with Crippen molar-refractivity contribution in [3.63, 3.8) is 0 Å². The lowest BCUT2D eigenvalue weighted by Crippen LogP contribution is -2.41. The molecule has 0 saturated carbocycles. The minimum atomic E-state index is -0.332. The number of hydrogen-bond acceptors (Lipinski definition) is 3. The Labute approximate surface area is 122 Å². The Hall–Kier alpha value is -1.10. The van der Waals surface area contributed by atoms with Gasteiger partial charge in [0, 0.05) is 7.11 Å². The number of rotatable bonds is 4. The van der Waals surface area contributed by atoms with Crippen LogP contribution in [0.4, 0.5) is 0 Å². The zero-order valence-electron chi connectivity index (χ0n) is 12.9. The predicted molar refractivity (Wildman–Crippen MR) is 81.4 cm³/mol. The minimum Gasteiger partial charge on any atom is -0.400 e. The van der Waals surface area contributed by atoms with Crippen LogP contribution in [0, 0.1) is 0 Å². The van der Waals surface area contributed by atoms with Crippen LogP contribution in [0.25, 0.3) is 0 Å². The fraction of sp³-hybridized carbons (Fsp3) is 0.500. The van der Waals surface area contributed by atoms with Gasteiger partial charge in [0.15, 0.2) is 0 Å². The van der Waals surface area contributed by atoms with Crippen molar-refractivity contribution < 1.29 is 14.0 Å². The third-order valence-electron chi connectivity index (χ3n) is 4.10. The second kappa shape index (κ2) is 5.72. The van der Waals surface area contributed by atoms with Crippen molar-refractivity contribution in [3.8, 4) is 0 Å². The zero-order chi connectivity index (χ0) is 14.8. The fourth-order valence-corrected chi connectivity index (χ4v) is 2.13. The Morgan fingerprint density at radius 2 is 1.60 bits per heavy atom. The average Bonchev–Trinajstić information content (AvgIpc) is 2.60. The highest BCUT2D eigenvalue weighted by Gasteiger charge is 2.50. The normalized spacial score (nSPS) is 22.4. The second-order valence-corrected chi connectivity index (χ2v) is 6.08. The third kappa shape index (κ3) is 3.14. The molecular weight excluding hydrogens is 251 g/mol. The molecule has 108 valence electrons.